The van der Waals surface area contributed by atoms with Crippen molar-refractivity contribution in [1.29, 1.82) is 0 Å². The Morgan fingerprint density at radius 2 is 2.00 bits per heavy atom. The lowest BCUT2D eigenvalue weighted by Gasteiger charge is -1.97. The first-order chi connectivity index (χ1) is 11.5. The molecule has 0 aliphatic carbocycles. The van der Waals surface area contributed by atoms with Crippen molar-refractivity contribution in [1.82, 2.24) is 4.98 Å². The maximum Gasteiger partial charge on any atom is 0.270 e. The van der Waals surface area contributed by atoms with E-state index in [0.29, 0.717) is 16.9 Å². The van der Waals surface area contributed by atoms with Gasteiger partial charge in [0.1, 0.15) is 10.8 Å². The van der Waals surface area contributed by atoms with Gasteiger partial charge in [0, 0.05) is 17.7 Å². The summed E-state index contributed by atoms with van der Waals surface area (Å²) < 4.78 is 18.5. The summed E-state index contributed by atoms with van der Waals surface area (Å²) in [6.07, 6.45) is 3.00. The zero-order chi connectivity index (χ0) is 17.1. The summed E-state index contributed by atoms with van der Waals surface area (Å²) in [7, 11) is 0. The fourth-order valence-corrected chi connectivity index (χ4v) is 2.28. The lowest BCUT2D eigenvalue weighted by atomic mass is 10.2. The second-order valence-electron chi connectivity index (χ2n) is 4.88. The van der Waals surface area contributed by atoms with Crippen LogP contribution in [0.1, 0.15) is 11.5 Å². The zero-order valence-corrected chi connectivity index (χ0v) is 12.9. The van der Waals surface area contributed by atoms with Crippen LogP contribution in [0.4, 0.5) is 10.1 Å². The molecule has 0 N–H and O–H groups in total. The Bertz CT molecular complexity index is 920. The number of hydrogen-bond donors (Lipinski definition) is 0. The second-order valence-corrected chi connectivity index (χ2v) is 5.29. The summed E-state index contributed by atoms with van der Waals surface area (Å²) in [5.41, 5.74) is 1.18. The van der Waals surface area contributed by atoms with Gasteiger partial charge in [0.15, 0.2) is 5.76 Å². The molecule has 0 spiro atoms. The van der Waals surface area contributed by atoms with Crippen molar-refractivity contribution >= 4 is 28.4 Å². The Hall–Kier alpha value is -2.99. The summed E-state index contributed by atoms with van der Waals surface area (Å²) in [6.45, 7) is 0. The Kier molecular flexibility index (Phi) is 4.39. The third-order valence-electron chi connectivity index (χ3n) is 3.21. The number of hydrogen-bond acceptors (Lipinski definition) is 4. The van der Waals surface area contributed by atoms with E-state index in [9.17, 15) is 14.5 Å². The molecule has 0 aliphatic rings. The molecule has 0 unspecified atom stereocenters. The molecule has 1 heterocycles. The maximum atomic E-state index is 12.9. The normalized spacial score (nSPS) is 11.5. The molecule has 0 saturated heterocycles. The van der Waals surface area contributed by atoms with Gasteiger partial charge in [0.05, 0.1) is 11.1 Å². The van der Waals surface area contributed by atoms with E-state index in [2.05, 4.69) is 4.98 Å². The van der Waals surface area contributed by atoms with Gasteiger partial charge in [-0.3, -0.25) is 10.1 Å². The highest BCUT2D eigenvalue weighted by Gasteiger charge is 2.11. The van der Waals surface area contributed by atoms with Crippen LogP contribution in [0.25, 0.3) is 22.4 Å². The predicted octanol–water partition coefficient (Wildman–Crippen LogP) is 5.13. The van der Waals surface area contributed by atoms with Crippen LogP contribution in [0.15, 0.2) is 59.1 Å². The number of non-ortho nitro benzene ring substituents is 1. The van der Waals surface area contributed by atoms with E-state index in [1.807, 2.05) is 0 Å². The zero-order valence-electron chi connectivity index (χ0n) is 12.1. The number of nitro groups is 1. The van der Waals surface area contributed by atoms with Crippen LogP contribution in [0.2, 0.25) is 0 Å². The smallest absolute Gasteiger partial charge is 0.270 e. The van der Waals surface area contributed by atoms with Gasteiger partial charge in [-0.25, -0.2) is 9.37 Å². The summed E-state index contributed by atoms with van der Waals surface area (Å²) in [4.78, 5) is 14.4. The van der Waals surface area contributed by atoms with Gasteiger partial charge in [0.25, 0.3) is 5.69 Å². The number of halogens is 2. The van der Waals surface area contributed by atoms with Gasteiger partial charge in [-0.2, -0.15) is 0 Å². The molecule has 0 atom stereocenters. The third-order valence-corrected chi connectivity index (χ3v) is 3.48. The van der Waals surface area contributed by atoms with Crippen LogP contribution in [-0.4, -0.2) is 9.91 Å². The molecule has 5 nitrogen and oxygen atoms in total. The van der Waals surface area contributed by atoms with E-state index in [1.54, 1.807) is 24.3 Å². The Morgan fingerprint density at radius 3 is 2.71 bits per heavy atom. The van der Waals surface area contributed by atoms with E-state index in [-0.39, 0.29) is 22.4 Å². The third kappa shape index (κ3) is 3.49. The van der Waals surface area contributed by atoms with Crippen molar-refractivity contribution < 1.29 is 13.7 Å². The number of nitrogens with zero attached hydrogens (tertiary/aromatic N) is 2. The van der Waals surface area contributed by atoms with E-state index in [0.717, 1.165) is 0 Å². The minimum atomic E-state index is -0.483. The van der Waals surface area contributed by atoms with Crippen molar-refractivity contribution in [3.8, 4) is 11.3 Å². The first-order valence-corrected chi connectivity index (χ1v) is 7.24. The van der Waals surface area contributed by atoms with Gasteiger partial charge in [-0.1, -0.05) is 23.7 Å². The number of rotatable bonds is 4. The largest absolute Gasteiger partial charge is 0.435 e. The Labute approximate surface area is 141 Å². The summed E-state index contributed by atoms with van der Waals surface area (Å²) in [5.74, 6) is 0.264. The maximum absolute atomic E-state index is 12.9. The average molecular weight is 345 g/mol. The number of oxazole rings is 1. The van der Waals surface area contributed by atoms with Crippen LogP contribution >= 0.6 is 11.6 Å². The molecule has 0 saturated carbocycles. The summed E-state index contributed by atoms with van der Waals surface area (Å²) in [6, 6.07) is 11.8. The molecule has 1 aromatic heterocycles. The lowest BCUT2D eigenvalue weighted by Crippen LogP contribution is -1.87. The molecule has 0 amide bonds. The van der Waals surface area contributed by atoms with E-state index in [4.69, 9.17) is 16.0 Å². The minimum Gasteiger partial charge on any atom is -0.435 e. The molecule has 24 heavy (non-hydrogen) atoms. The molecular weight excluding hydrogens is 335 g/mol. The Morgan fingerprint density at radius 1 is 1.25 bits per heavy atom. The van der Waals surface area contributed by atoms with Gasteiger partial charge in [0.2, 0.25) is 5.89 Å². The van der Waals surface area contributed by atoms with E-state index in [1.165, 1.54) is 36.5 Å². The van der Waals surface area contributed by atoms with Gasteiger partial charge in [-0.05, 0) is 35.9 Å². The molecule has 0 bridgehead atoms. The first kappa shape index (κ1) is 15.9. The van der Waals surface area contributed by atoms with Gasteiger partial charge in [-0.15, -0.1) is 0 Å². The van der Waals surface area contributed by atoms with E-state index < -0.39 is 4.92 Å². The fraction of sp³-hybridized carbons (Fsp3) is 0. The van der Waals surface area contributed by atoms with Crippen molar-refractivity contribution in [3.05, 3.63) is 82.1 Å². The highest BCUT2D eigenvalue weighted by molar-refractivity contribution is 6.50. The molecule has 7 heteroatoms. The highest BCUT2D eigenvalue weighted by atomic mass is 35.5. The monoisotopic (exact) mass is 344 g/mol. The molecule has 2 aromatic carbocycles. The molecule has 3 aromatic rings. The minimum absolute atomic E-state index is 0.0346. The summed E-state index contributed by atoms with van der Waals surface area (Å²) in [5, 5.41) is 11.0. The molecule has 0 fully saturated rings. The standard InChI is InChI=1S/C17H10ClFN2O3/c18-15(9-11-2-1-3-14(8-11)21(22)23)17-20-10-16(24-17)12-4-6-13(19)7-5-12/h1-10H. The van der Waals surface area contributed by atoms with Crippen molar-refractivity contribution in [2.45, 2.75) is 0 Å². The van der Waals surface area contributed by atoms with Crippen molar-refractivity contribution in [2.24, 2.45) is 0 Å². The number of aromatic nitrogens is 1. The average Bonchev–Trinajstić information content (AvgIpc) is 3.06. The molecule has 120 valence electrons. The number of nitro benzene ring substituents is 1. The molecule has 0 aliphatic heterocycles. The first-order valence-electron chi connectivity index (χ1n) is 6.87. The van der Waals surface area contributed by atoms with Crippen molar-refractivity contribution in [3.63, 3.8) is 0 Å². The van der Waals surface area contributed by atoms with Gasteiger partial charge < -0.3 is 4.42 Å². The lowest BCUT2D eigenvalue weighted by molar-refractivity contribution is -0.384. The van der Waals surface area contributed by atoms with Crippen LogP contribution < -0.4 is 0 Å². The number of benzene rings is 2. The van der Waals surface area contributed by atoms with Crippen LogP contribution in [0.3, 0.4) is 0 Å². The summed E-state index contributed by atoms with van der Waals surface area (Å²) >= 11 is 6.17. The van der Waals surface area contributed by atoms with Crippen molar-refractivity contribution in [2.75, 3.05) is 0 Å². The molecule has 0 radical (unpaired) electrons. The van der Waals surface area contributed by atoms with Gasteiger partial charge >= 0.3 is 0 Å². The molecular formula is C17H10ClFN2O3. The second kappa shape index (κ2) is 6.64. The predicted molar refractivity (Wildman–Crippen MR) is 88.7 cm³/mol. The van der Waals surface area contributed by atoms with Crippen LogP contribution in [-0.2, 0) is 0 Å². The fourth-order valence-electron chi connectivity index (χ4n) is 2.07. The van der Waals surface area contributed by atoms with Crippen LogP contribution in [0, 0.1) is 15.9 Å². The topological polar surface area (TPSA) is 69.2 Å². The molecule has 3 rings (SSSR count). The SMILES string of the molecule is O=[N+]([O-])c1cccc(C=C(Cl)c2ncc(-c3ccc(F)cc3)o2)c1. The quantitative estimate of drug-likeness (QED) is 0.486. The van der Waals surface area contributed by atoms with E-state index >= 15 is 0 Å². The van der Waals surface area contributed by atoms with Crippen LogP contribution in [0.5, 0.6) is 0 Å². The Balaban J connectivity index is 1.88. The highest BCUT2D eigenvalue weighted by Crippen LogP contribution is 2.27.